The molecular formula is C21H19ClFN3O4. The molecule has 0 aliphatic carbocycles. The minimum Gasteiger partial charge on any atom is -0.464 e. The van der Waals surface area contributed by atoms with Crippen molar-refractivity contribution in [2.75, 3.05) is 14.2 Å². The number of nitrogens with zero attached hydrogens (tertiary/aromatic N) is 3. The predicted octanol–water partition coefficient (Wildman–Crippen LogP) is 4.12. The topological polar surface area (TPSA) is 93.3 Å². The van der Waals surface area contributed by atoms with Crippen LogP contribution in [0.3, 0.4) is 0 Å². The van der Waals surface area contributed by atoms with Gasteiger partial charge in [-0.1, -0.05) is 40.1 Å². The van der Waals surface area contributed by atoms with E-state index in [1.165, 1.54) is 33.3 Å². The van der Waals surface area contributed by atoms with Crippen LogP contribution in [0.1, 0.15) is 34.7 Å². The Morgan fingerprint density at radius 1 is 1.23 bits per heavy atom. The number of carbonyl (C=O) groups is 1. The fraction of sp³-hybridized carbons (Fsp3) is 0.238. The minimum atomic E-state index is -0.733. The first kappa shape index (κ1) is 22.8. The van der Waals surface area contributed by atoms with Crippen molar-refractivity contribution in [1.29, 1.82) is 5.26 Å². The van der Waals surface area contributed by atoms with Crippen molar-refractivity contribution in [3.8, 4) is 6.07 Å². The number of carbonyl (C=O) groups excluding carboxylic acids is 1. The molecule has 30 heavy (non-hydrogen) atoms. The molecule has 156 valence electrons. The molecule has 0 saturated heterocycles. The molecule has 0 atom stereocenters. The van der Waals surface area contributed by atoms with Crippen molar-refractivity contribution in [1.82, 2.24) is 0 Å². The van der Waals surface area contributed by atoms with Crippen LogP contribution >= 0.6 is 11.6 Å². The zero-order chi connectivity index (χ0) is 22.3. The lowest BCUT2D eigenvalue weighted by Gasteiger charge is -2.12. The molecule has 2 rings (SSSR count). The van der Waals surface area contributed by atoms with E-state index in [0.29, 0.717) is 11.1 Å². The number of halogens is 2. The van der Waals surface area contributed by atoms with E-state index in [9.17, 15) is 9.18 Å². The molecule has 0 aliphatic rings. The number of oxime groups is 2. The molecule has 0 aromatic heterocycles. The maximum absolute atomic E-state index is 14.4. The maximum atomic E-state index is 14.4. The molecule has 2 aromatic rings. The van der Waals surface area contributed by atoms with Gasteiger partial charge in [0.25, 0.3) is 0 Å². The smallest absolute Gasteiger partial charge is 0.360 e. The molecule has 0 radical (unpaired) electrons. The fourth-order valence-corrected chi connectivity index (χ4v) is 2.89. The van der Waals surface area contributed by atoms with E-state index < -0.39 is 11.8 Å². The quantitative estimate of drug-likeness (QED) is 0.373. The van der Waals surface area contributed by atoms with Crippen molar-refractivity contribution in [3.63, 3.8) is 0 Å². The summed E-state index contributed by atoms with van der Waals surface area (Å²) in [7, 11) is 2.56. The van der Waals surface area contributed by atoms with E-state index in [1.807, 2.05) is 13.0 Å². The summed E-state index contributed by atoms with van der Waals surface area (Å²) in [4.78, 5) is 22.3. The van der Waals surface area contributed by atoms with E-state index in [4.69, 9.17) is 31.3 Å². The average molecular weight is 432 g/mol. The molecule has 7 nitrogen and oxygen atoms in total. The van der Waals surface area contributed by atoms with Gasteiger partial charge in [0, 0.05) is 21.7 Å². The lowest BCUT2D eigenvalue weighted by molar-refractivity contribution is -0.132. The normalized spacial score (nSPS) is 11.6. The van der Waals surface area contributed by atoms with Gasteiger partial charge < -0.3 is 14.4 Å². The zero-order valence-corrected chi connectivity index (χ0v) is 17.6. The van der Waals surface area contributed by atoms with Crippen LogP contribution in [0.15, 0.2) is 40.6 Å². The van der Waals surface area contributed by atoms with Crippen molar-refractivity contribution in [2.24, 2.45) is 10.3 Å². The number of benzene rings is 2. The van der Waals surface area contributed by atoms with Crippen LogP contribution in [0.4, 0.5) is 4.39 Å². The first-order chi connectivity index (χ1) is 14.3. The molecule has 0 saturated carbocycles. The number of hydrogen-bond donors (Lipinski definition) is 0. The van der Waals surface area contributed by atoms with Gasteiger partial charge in [0.15, 0.2) is 5.71 Å². The van der Waals surface area contributed by atoms with Crippen LogP contribution in [0.5, 0.6) is 0 Å². The second-order valence-electron chi connectivity index (χ2n) is 6.09. The third kappa shape index (κ3) is 5.13. The van der Waals surface area contributed by atoms with Gasteiger partial charge in [0.2, 0.25) is 0 Å². The van der Waals surface area contributed by atoms with Crippen molar-refractivity contribution < 1.29 is 23.6 Å². The van der Waals surface area contributed by atoms with E-state index in [-0.39, 0.29) is 34.2 Å². The highest BCUT2D eigenvalue weighted by atomic mass is 35.5. The van der Waals surface area contributed by atoms with Crippen LogP contribution in [-0.2, 0) is 25.8 Å². The van der Waals surface area contributed by atoms with Crippen LogP contribution in [0.2, 0.25) is 5.02 Å². The Kier molecular flexibility index (Phi) is 7.90. The van der Waals surface area contributed by atoms with Gasteiger partial charge in [-0.05, 0) is 31.5 Å². The molecule has 9 heteroatoms. The summed E-state index contributed by atoms with van der Waals surface area (Å²) < 4.78 is 19.2. The van der Waals surface area contributed by atoms with Gasteiger partial charge in [0.05, 0.1) is 18.4 Å². The highest BCUT2D eigenvalue weighted by molar-refractivity contribution is 6.43. The van der Waals surface area contributed by atoms with E-state index >= 15 is 0 Å². The van der Waals surface area contributed by atoms with Crippen LogP contribution in [0.25, 0.3) is 0 Å². The Bertz CT molecular complexity index is 1060. The van der Waals surface area contributed by atoms with Crippen molar-refractivity contribution in [3.05, 3.63) is 69.0 Å². The summed E-state index contributed by atoms with van der Waals surface area (Å²) in [6.45, 7) is 3.32. The van der Waals surface area contributed by atoms with Gasteiger partial charge in [0.1, 0.15) is 25.6 Å². The maximum Gasteiger partial charge on any atom is 0.360 e. The van der Waals surface area contributed by atoms with Crippen LogP contribution in [-0.4, -0.2) is 31.6 Å². The number of methoxy groups -OCH3 is 1. The van der Waals surface area contributed by atoms with Crippen LogP contribution in [0, 0.1) is 24.1 Å². The van der Waals surface area contributed by atoms with Crippen molar-refractivity contribution >= 4 is 29.0 Å². The highest BCUT2D eigenvalue weighted by Gasteiger charge is 2.21. The average Bonchev–Trinajstić information content (AvgIpc) is 2.73. The number of rotatable bonds is 7. The number of esters is 1. The Labute approximate surface area is 178 Å². The molecule has 2 aromatic carbocycles. The fourth-order valence-electron chi connectivity index (χ4n) is 2.68. The van der Waals surface area contributed by atoms with Gasteiger partial charge in [-0.3, -0.25) is 0 Å². The van der Waals surface area contributed by atoms with Gasteiger partial charge >= 0.3 is 5.97 Å². The Balaban J connectivity index is 2.35. The third-order valence-corrected chi connectivity index (χ3v) is 4.40. The van der Waals surface area contributed by atoms with E-state index in [0.717, 1.165) is 5.56 Å². The second-order valence-corrected chi connectivity index (χ2v) is 6.53. The summed E-state index contributed by atoms with van der Waals surface area (Å²) in [5.74, 6) is -1.41. The summed E-state index contributed by atoms with van der Waals surface area (Å²) in [6.07, 6.45) is 0. The van der Waals surface area contributed by atoms with Crippen molar-refractivity contribution in [2.45, 2.75) is 20.5 Å². The summed E-state index contributed by atoms with van der Waals surface area (Å²) in [6, 6.07) is 9.59. The summed E-state index contributed by atoms with van der Waals surface area (Å²) >= 11 is 5.94. The predicted molar refractivity (Wildman–Crippen MR) is 110 cm³/mol. The standard InChI is InChI=1S/C21H19ClFN3O4/c1-12-6-5-7-16(20(26-29-4)21(27)28-3)18(12)11-30-25-13(2)17-9-15(22)8-14(10-24)19(17)23/h5-9H,11H2,1-4H3/b25-13+,26-20+. The Hall–Kier alpha value is -3.44. The molecular weight excluding hydrogens is 413 g/mol. The van der Waals surface area contributed by atoms with Gasteiger partial charge in [-0.25, -0.2) is 9.18 Å². The van der Waals surface area contributed by atoms with Gasteiger partial charge in [-0.15, -0.1) is 0 Å². The first-order valence-corrected chi connectivity index (χ1v) is 9.06. The van der Waals surface area contributed by atoms with Crippen LogP contribution < -0.4 is 0 Å². The molecule has 0 unspecified atom stereocenters. The number of ether oxygens (including phenoxy) is 1. The third-order valence-electron chi connectivity index (χ3n) is 4.18. The largest absolute Gasteiger partial charge is 0.464 e. The lowest BCUT2D eigenvalue weighted by atomic mass is 9.99. The number of nitriles is 1. The Morgan fingerprint density at radius 2 is 1.97 bits per heavy atom. The van der Waals surface area contributed by atoms with E-state index in [1.54, 1.807) is 18.2 Å². The van der Waals surface area contributed by atoms with E-state index in [2.05, 4.69) is 10.3 Å². The number of aryl methyl sites for hydroxylation is 1. The summed E-state index contributed by atoms with van der Waals surface area (Å²) in [5.41, 5.74) is 1.93. The molecule has 0 spiro atoms. The molecule has 0 N–H and O–H groups in total. The molecule has 0 bridgehead atoms. The number of hydrogen-bond acceptors (Lipinski definition) is 7. The highest BCUT2D eigenvalue weighted by Crippen LogP contribution is 2.21. The molecule has 0 heterocycles. The lowest BCUT2D eigenvalue weighted by Crippen LogP contribution is -2.20. The molecule has 0 amide bonds. The SMILES string of the molecule is CO/N=C(/C(=O)OC)c1cccc(C)c1CO/N=C(\C)c1cc(Cl)cc(C#N)c1F. The Morgan fingerprint density at radius 3 is 2.60 bits per heavy atom. The monoisotopic (exact) mass is 431 g/mol. The minimum absolute atomic E-state index is 0.0254. The zero-order valence-electron chi connectivity index (χ0n) is 16.8. The molecule has 0 fully saturated rings. The molecule has 0 aliphatic heterocycles. The first-order valence-electron chi connectivity index (χ1n) is 8.68. The van der Waals surface area contributed by atoms with Gasteiger partial charge in [-0.2, -0.15) is 5.26 Å². The summed E-state index contributed by atoms with van der Waals surface area (Å²) in [5, 5.41) is 16.9. The second kappa shape index (κ2) is 10.4.